The molecule has 35 heavy (non-hydrogen) atoms. The van der Waals surface area contributed by atoms with E-state index in [0.29, 0.717) is 26.1 Å². The summed E-state index contributed by atoms with van der Waals surface area (Å²) in [5.41, 5.74) is 0. The van der Waals surface area contributed by atoms with E-state index >= 15 is 0 Å². The third kappa shape index (κ3) is 29.4. The Morgan fingerprint density at radius 1 is 0.457 bits per heavy atom. The highest BCUT2D eigenvalue weighted by Crippen LogP contribution is 2.12. The van der Waals surface area contributed by atoms with Crippen molar-refractivity contribution in [2.45, 2.75) is 155 Å². The standard InChI is InChI=1S/C30H58O4S/c1-3-5-7-9-11-13-15-19-25-33-29(31)23-17-21-27-35-28-22-18-24-30(32)34-26-20-16-14-12-10-8-6-4-2/h3-28H2,1-2H3. The zero-order valence-electron chi connectivity index (χ0n) is 23.4. The van der Waals surface area contributed by atoms with Crippen molar-refractivity contribution in [3.63, 3.8) is 0 Å². The van der Waals surface area contributed by atoms with E-state index in [9.17, 15) is 9.59 Å². The van der Waals surface area contributed by atoms with Crippen molar-refractivity contribution in [2.24, 2.45) is 0 Å². The molecular weight excluding hydrogens is 456 g/mol. The molecule has 0 aliphatic rings. The van der Waals surface area contributed by atoms with E-state index in [4.69, 9.17) is 9.47 Å². The summed E-state index contributed by atoms with van der Waals surface area (Å²) in [6.07, 6.45) is 25.2. The Bertz CT molecular complexity index is 416. The van der Waals surface area contributed by atoms with Crippen LogP contribution in [0.1, 0.15) is 155 Å². The first-order chi connectivity index (χ1) is 17.2. The van der Waals surface area contributed by atoms with Gasteiger partial charge >= 0.3 is 11.9 Å². The number of ether oxygens (including phenoxy) is 2. The molecule has 4 nitrogen and oxygen atoms in total. The van der Waals surface area contributed by atoms with Gasteiger partial charge in [-0.25, -0.2) is 0 Å². The third-order valence-electron chi connectivity index (χ3n) is 6.36. The Kier molecular flexibility index (Phi) is 28.9. The summed E-state index contributed by atoms with van der Waals surface area (Å²) in [7, 11) is 0. The van der Waals surface area contributed by atoms with Crippen LogP contribution in [0.3, 0.4) is 0 Å². The molecule has 0 radical (unpaired) electrons. The Hall–Kier alpha value is -0.710. The Morgan fingerprint density at radius 3 is 1.17 bits per heavy atom. The van der Waals surface area contributed by atoms with E-state index in [0.717, 1.165) is 50.0 Å². The van der Waals surface area contributed by atoms with Crippen LogP contribution in [0.25, 0.3) is 0 Å². The summed E-state index contributed by atoms with van der Waals surface area (Å²) in [4.78, 5) is 23.6. The monoisotopic (exact) mass is 514 g/mol. The first kappa shape index (κ1) is 34.3. The van der Waals surface area contributed by atoms with Crippen LogP contribution in [0.4, 0.5) is 0 Å². The van der Waals surface area contributed by atoms with Gasteiger partial charge in [-0.05, 0) is 50.0 Å². The molecular formula is C30H58O4S. The molecule has 5 heteroatoms. The largest absolute Gasteiger partial charge is 0.466 e. The molecule has 0 unspecified atom stereocenters. The predicted molar refractivity (Wildman–Crippen MR) is 152 cm³/mol. The minimum absolute atomic E-state index is 0.0385. The lowest BCUT2D eigenvalue weighted by atomic mass is 10.1. The maximum atomic E-state index is 11.8. The number of unbranched alkanes of at least 4 members (excludes halogenated alkanes) is 16. The smallest absolute Gasteiger partial charge is 0.305 e. The highest BCUT2D eigenvalue weighted by Gasteiger charge is 2.04. The Balaban J connectivity index is 3.24. The molecule has 0 atom stereocenters. The van der Waals surface area contributed by atoms with Crippen LogP contribution < -0.4 is 0 Å². The number of carbonyl (C=O) groups is 2. The molecule has 0 aromatic rings. The molecule has 0 amide bonds. The average Bonchev–Trinajstić information content (AvgIpc) is 2.85. The predicted octanol–water partition coefficient (Wildman–Crippen LogP) is 9.43. The second-order valence-corrected chi connectivity index (χ2v) is 11.1. The first-order valence-electron chi connectivity index (χ1n) is 15.1. The summed E-state index contributed by atoms with van der Waals surface area (Å²) < 4.78 is 10.7. The highest BCUT2D eigenvalue weighted by atomic mass is 32.2. The van der Waals surface area contributed by atoms with Gasteiger partial charge in [-0.1, -0.05) is 104 Å². The molecule has 0 saturated carbocycles. The molecule has 0 aromatic carbocycles. The molecule has 208 valence electrons. The highest BCUT2D eigenvalue weighted by molar-refractivity contribution is 7.99. The second kappa shape index (κ2) is 29.5. The fourth-order valence-electron chi connectivity index (χ4n) is 4.04. The quantitative estimate of drug-likeness (QED) is 0.0768. The normalized spacial score (nSPS) is 11.0. The van der Waals surface area contributed by atoms with E-state index in [1.54, 1.807) is 0 Å². The minimum atomic E-state index is -0.0385. The molecule has 0 heterocycles. The van der Waals surface area contributed by atoms with Gasteiger partial charge in [0.2, 0.25) is 0 Å². The van der Waals surface area contributed by atoms with Gasteiger partial charge in [-0.2, -0.15) is 11.8 Å². The number of thioether (sulfide) groups is 1. The van der Waals surface area contributed by atoms with E-state index < -0.39 is 0 Å². The number of hydrogen-bond donors (Lipinski definition) is 0. The molecule has 0 rings (SSSR count). The fourth-order valence-corrected chi connectivity index (χ4v) is 5.06. The Labute approximate surface area is 222 Å². The molecule has 0 spiro atoms. The molecule has 0 N–H and O–H groups in total. The number of carbonyl (C=O) groups excluding carboxylic acids is 2. The average molecular weight is 515 g/mol. The summed E-state index contributed by atoms with van der Waals surface area (Å²) in [6.45, 7) is 5.66. The lowest BCUT2D eigenvalue weighted by Gasteiger charge is -2.06. The molecule has 0 fully saturated rings. The lowest BCUT2D eigenvalue weighted by molar-refractivity contribution is -0.144. The number of esters is 2. The van der Waals surface area contributed by atoms with Crippen molar-refractivity contribution in [1.29, 1.82) is 0 Å². The molecule has 0 saturated heterocycles. The zero-order chi connectivity index (χ0) is 25.7. The lowest BCUT2D eigenvalue weighted by Crippen LogP contribution is -2.06. The minimum Gasteiger partial charge on any atom is -0.466 e. The number of rotatable bonds is 28. The van der Waals surface area contributed by atoms with Crippen LogP contribution in [-0.4, -0.2) is 36.7 Å². The maximum absolute atomic E-state index is 11.8. The molecule has 0 aliphatic carbocycles. The van der Waals surface area contributed by atoms with Gasteiger partial charge < -0.3 is 9.47 Å². The van der Waals surface area contributed by atoms with Crippen LogP contribution in [0, 0.1) is 0 Å². The molecule has 0 bridgehead atoms. The van der Waals surface area contributed by atoms with Crippen LogP contribution >= 0.6 is 11.8 Å². The van der Waals surface area contributed by atoms with Crippen molar-refractivity contribution in [2.75, 3.05) is 24.7 Å². The summed E-state index contributed by atoms with van der Waals surface area (Å²) in [6, 6.07) is 0. The van der Waals surface area contributed by atoms with Gasteiger partial charge in [0.25, 0.3) is 0 Å². The summed E-state index contributed by atoms with van der Waals surface area (Å²) >= 11 is 1.92. The fraction of sp³-hybridized carbons (Fsp3) is 0.933. The van der Waals surface area contributed by atoms with E-state index in [2.05, 4.69) is 13.8 Å². The summed E-state index contributed by atoms with van der Waals surface area (Å²) in [5.74, 6) is 2.08. The SMILES string of the molecule is CCCCCCCCCCOC(=O)CCCCSCCCCC(=O)OCCCCCCCCCC. The maximum Gasteiger partial charge on any atom is 0.305 e. The first-order valence-corrected chi connectivity index (χ1v) is 16.2. The van der Waals surface area contributed by atoms with Crippen molar-refractivity contribution < 1.29 is 19.1 Å². The van der Waals surface area contributed by atoms with Crippen LogP contribution in [0.2, 0.25) is 0 Å². The second-order valence-electron chi connectivity index (χ2n) is 9.92. The van der Waals surface area contributed by atoms with E-state index in [1.165, 1.54) is 89.9 Å². The van der Waals surface area contributed by atoms with Gasteiger partial charge in [-0.15, -0.1) is 0 Å². The van der Waals surface area contributed by atoms with Crippen molar-refractivity contribution in [1.82, 2.24) is 0 Å². The van der Waals surface area contributed by atoms with Crippen LogP contribution in [-0.2, 0) is 19.1 Å². The van der Waals surface area contributed by atoms with E-state index in [1.807, 2.05) is 11.8 Å². The van der Waals surface area contributed by atoms with E-state index in [-0.39, 0.29) is 11.9 Å². The topological polar surface area (TPSA) is 52.6 Å². The van der Waals surface area contributed by atoms with Crippen molar-refractivity contribution >= 4 is 23.7 Å². The number of hydrogen-bond acceptors (Lipinski definition) is 5. The van der Waals surface area contributed by atoms with Gasteiger partial charge in [0.15, 0.2) is 0 Å². The van der Waals surface area contributed by atoms with Crippen molar-refractivity contribution in [3.8, 4) is 0 Å². The zero-order valence-corrected chi connectivity index (χ0v) is 24.2. The van der Waals surface area contributed by atoms with Gasteiger partial charge in [0.05, 0.1) is 13.2 Å². The third-order valence-corrected chi connectivity index (χ3v) is 7.52. The molecule has 0 aromatic heterocycles. The van der Waals surface area contributed by atoms with Crippen LogP contribution in [0.15, 0.2) is 0 Å². The molecule has 0 aliphatic heterocycles. The van der Waals surface area contributed by atoms with Gasteiger partial charge in [0, 0.05) is 12.8 Å². The van der Waals surface area contributed by atoms with Gasteiger partial charge in [-0.3, -0.25) is 9.59 Å². The summed E-state index contributed by atoms with van der Waals surface area (Å²) in [5, 5.41) is 0. The van der Waals surface area contributed by atoms with Gasteiger partial charge in [0.1, 0.15) is 0 Å². The van der Waals surface area contributed by atoms with Crippen molar-refractivity contribution in [3.05, 3.63) is 0 Å². The Morgan fingerprint density at radius 2 is 0.800 bits per heavy atom. The van der Waals surface area contributed by atoms with Crippen LogP contribution in [0.5, 0.6) is 0 Å².